The van der Waals surface area contributed by atoms with Crippen LogP contribution in [-0.2, 0) is 21.1 Å². The molecule has 0 saturated heterocycles. The van der Waals surface area contributed by atoms with Gasteiger partial charge in [-0.3, -0.25) is 4.52 Å². The van der Waals surface area contributed by atoms with Gasteiger partial charge < -0.3 is 9.79 Å². The summed E-state index contributed by atoms with van der Waals surface area (Å²) in [5, 5.41) is 0. The van der Waals surface area contributed by atoms with Crippen LogP contribution in [0.5, 0.6) is 0 Å². The summed E-state index contributed by atoms with van der Waals surface area (Å²) < 4.78 is 14.9. The van der Waals surface area contributed by atoms with Crippen LogP contribution in [0, 0.1) is 0 Å². The molecule has 0 spiro atoms. The molecule has 0 radical (unpaired) electrons. The van der Waals surface area contributed by atoms with Crippen LogP contribution in [0.4, 0.5) is 0 Å². The number of benzene rings is 1. The zero-order valence-corrected chi connectivity index (χ0v) is 10.6. The maximum absolute atomic E-state index is 10.5. The second kappa shape index (κ2) is 4.68. The Kier molecular flexibility index (Phi) is 3.92. The smallest absolute Gasteiger partial charge is 0.303 e. The van der Waals surface area contributed by atoms with E-state index in [2.05, 4.69) is 25.3 Å². The van der Waals surface area contributed by atoms with Crippen molar-refractivity contribution in [1.82, 2.24) is 0 Å². The van der Waals surface area contributed by atoms with Crippen LogP contribution in [0.25, 0.3) is 0 Å². The number of hydrogen-bond acceptors (Lipinski definition) is 2. The van der Waals surface area contributed by atoms with E-state index in [9.17, 15) is 4.57 Å². The van der Waals surface area contributed by atoms with Crippen LogP contribution in [0.15, 0.2) is 24.3 Å². The van der Waals surface area contributed by atoms with Crippen LogP contribution in [-0.4, -0.2) is 9.79 Å². The molecule has 1 aromatic carbocycles. The minimum atomic E-state index is -4.38. The number of rotatable bonds is 3. The van der Waals surface area contributed by atoms with Crippen molar-refractivity contribution in [3.05, 3.63) is 35.4 Å². The molecule has 4 nitrogen and oxygen atoms in total. The molecule has 1 aromatic rings. The molecule has 1 rings (SSSR count). The van der Waals surface area contributed by atoms with E-state index in [0.717, 1.165) is 5.56 Å². The summed E-state index contributed by atoms with van der Waals surface area (Å²) in [7, 11) is -4.38. The topological polar surface area (TPSA) is 66.8 Å². The van der Waals surface area contributed by atoms with Crippen LogP contribution in [0.1, 0.15) is 31.9 Å². The molecule has 0 aliphatic carbocycles. The molecule has 0 aromatic heterocycles. The number of phosphoric acid groups is 1. The first-order valence-electron chi connectivity index (χ1n) is 4.98. The van der Waals surface area contributed by atoms with Crippen molar-refractivity contribution in [2.24, 2.45) is 0 Å². The maximum atomic E-state index is 10.5. The predicted molar refractivity (Wildman–Crippen MR) is 62.0 cm³/mol. The molecule has 5 heteroatoms. The van der Waals surface area contributed by atoms with Gasteiger partial charge in [-0.05, 0) is 16.5 Å². The third-order valence-electron chi connectivity index (χ3n) is 2.22. The fourth-order valence-electron chi connectivity index (χ4n) is 1.26. The first-order chi connectivity index (χ1) is 7.18. The van der Waals surface area contributed by atoms with E-state index in [-0.39, 0.29) is 12.0 Å². The van der Waals surface area contributed by atoms with Crippen molar-refractivity contribution in [1.29, 1.82) is 0 Å². The van der Waals surface area contributed by atoms with E-state index in [1.165, 1.54) is 5.56 Å². The molecule has 0 saturated carbocycles. The third kappa shape index (κ3) is 4.45. The molecule has 0 atom stereocenters. The first-order valence-corrected chi connectivity index (χ1v) is 6.51. The van der Waals surface area contributed by atoms with E-state index < -0.39 is 7.82 Å². The highest BCUT2D eigenvalue weighted by Gasteiger charge is 2.15. The minimum Gasteiger partial charge on any atom is -0.303 e. The molecule has 0 aliphatic heterocycles. The van der Waals surface area contributed by atoms with Gasteiger partial charge in [0.15, 0.2) is 0 Å². The van der Waals surface area contributed by atoms with Crippen molar-refractivity contribution < 1.29 is 18.9 Å². The predicted octanol–water partition coefficient (Wildman–Crippen LogP) is 2.59. The summed E-state index contributed by atoms with van der Waals surface area (Å²) in [6, 6.07) is 7.52. The highest BCUT2D eigenvalue weighted by atomic mass is 31.2. The van der Waals surface area contributed by atoms with E-state index in [0.29, 0.717) is 0 Å². The van der Waals surface area contributed by atoms with Gasteiger partial charge in [-0.15, -0.1) is 0 Å². The minimum absolute atomic E-state index is 0.0721. The summed E-state index contributed by atoms with van der Waals surface area (Å²) in [6.45, 7) is 6.24. The lowest BCUT2D eigenvalue weighted by molar-refractivity contribution is 0.189. The maximum Gasteiger partial charge on any atom is 0.469 e. The van der Waals surface area contributed by atoms with Crippen LogP contribution in [0.3, 0.4) is 0 Å². The van der Waals surface area contributed by atoms with Gasteiger partial charge in [0.1, 0.15) is 0 Å². The summed E-state index contributed by atoms with van der Waals surface area (Å²) in [4.78, 5) is 17.1. The number of phosphoric ester groups is 1. The summed E-state index contributed by atoms with van der Waals surface area (Å²) >= 11 is 0. The van der Waals surface area contributed by atoms with Gasteiger partial charge in [-0.1, -0.05) is 45.0 Å². The molecule has 90 valence electrons. The van der Waals surface area contributed by atoms with Gasteiger partial charge in [0, 0.05) is 0 Å². The molecule has 0 heterocycles. The standard InChI is InChI=1S/C11H17O4P/c1-11(2,3)10-6-4-9(5-7-10)8-15-16(12,13)14/h4-7H,8H2,1-3H3,(H2,12,13,14). The fraction of sp³-hybridized carbons (Fsp3) is 0.455. The molecule has 16 heavy (non-hydrogen) atoms. The molecule has 2 N–H and O–H groups in total. The molecule has 0 amide bonds. The fourth-order valence-corrected chi connectivity index (χ4v) is 1.58. The van der Waals surface area contributed by atoms with Crippen molar-refractivity contribution in [2.45, 2.75) is 32.8 Å². The lowest BCUT2D eigenvalue weighted by Crippen LogP contribution is -2.10. The van der Waals surface area contributed by atoms with Gasteiger partial charge in [0.05, 0.1) is 6.61 Å². The van der Waals surface area contributed by atoms with Gasteiger partial charge >= 0.3 is 7.82 Å². The number of hydrogen-bond donors (Lipinski definition) is 2. The van der Waals surface area contributed by atoms with Crippen LogP contribution >= 0.6 is 7.82 Å². The second-order valence-electron chi connectivity index (χ2n) is 4.71. The van der Waals surface area contributed by atoms with E-state index in [4.69, 9.17) is 9.79 Å². The normalized spacial score (nSPS) is 12.8. The van der Waals surface area contributed by atoms with Crippen molar-refractivity contribution >= 4 is 7.82 Å². The molecule has 0 unspecified atom stereocenters. The molecule has 0 fully saturated rings. The highest BCUT2D eigenvalue weighted by molar-refractivity contribution is 7.46. The SMILES string of the molecule is CC(C)(C)c1ccc(COP(=O)(O)O)cc1. The Labute approximate surface area is 95.5 Å². The lowest BCUT2D eigenvalue weighted by atomic mass is 9.87. The van der Waals surface area contributed by atoms with Gasteiger partial charge in [-0.2, -0.15) is 0 Å². The monoisotopic (exact) mass is 244 g/mol. The Morgan fingerprint density at radius 2 is 1.69 bits per heavy atom. The third-order valence-corrected chi connectivity index (χ3v) is 2.68. The summed E-state index contributed by atoms with van der Waals surface area (Å²) in [6.07, 6.45) is 0. The average molecular weight is 244 g/mol. The quantitative estimate of drug-likeness (QED) is 0.802. The van der Waals surface area contributed by atoms with E-state index in [1.807, 2.05) is 24.3 Å². The molecule has 0 aliphatic rings. The average Bonchev–Trinajstić information content (AvgIpc) is 2.13. The highest BCUT2D eigenvalue weighted by Crippen LogP contribution is 2.37. The van der Waals surface area contributed by atoms with Crippen LogP contribution < -0.4 is 0 Å². The first kappa shape index (κ1) is 13.4. The Hall–Kier alpha value is -0.670. The Balaban J connectivity index is 2.69. The Bertz CT molecular complexity index is 385. The van der Waals surface area contributed by atoms with E-state index in [1.54, 1.807) is 0 Å². The summed E-state index contributed by atoms with van der Waals surface area (Å²) in [5.74, 6) is 0. The largest absolute Gasteiger partial charge is 0.469 e. The summed E-state index contributed by atoms with van der Waals surface area (Å²) in [5.41, 5.74) is 1.99. The zero-order chi connectivity index (χ0) is 12.4. The van der Waals surface area contributed by atoms with Crippen LogP contribution in [0.2, 0.25) is 0 Å². The zero-order valence-electron chi connectivity index (χ0n) is 9.67. The van der Waals surface area contributed by atoms with Gasteiger partial charge in [0.2, 0.25) is 0 Å². The Morgan fingerprint density at radius 1 is 1.19 bits per heavy atom. The van der Waals surface area contributed by atoms with E-state index >= 15 is 0 Å². The molecular formula is C11H17O4P. The molecular weight excluding hydrogens is 227 g/mol. The van der Waals surface area contributed by atoms with Crippen molar-refractivity contribution in [3.63, 3.8) is 0 Å². The Morgan fingerprint density at radius 3 is 2.06 bits per heavy atom. The lowest BCUT2D eigenvalue weighted by Gasteiger charge is -2.19. The van der Waals surface area contributed by atoms with Crippen molar-refractivity contribution in [2.75, 3.05) is 0 Å². The van der Waals surface area contributed by atoms with Gasteiger partial charge in [-0.25, -0.2) is 4.57 Å². The second-order valence-corrected chi connectivity index (χ2v) is 5.95. The van der Waals surface area contributed by atoms with Crippen molar-refractivity contribution in [3.8, 4) is 0 Å². The molecule has 0 bridgehead atoms. The van der Waals surface area contributed by atoms with Gasteiger partial charge in [0.25, 0.3) is 0 Å².